The van der Waals surface area contributed by atoms with Crippen LogP contribution >= 0.6 is 0 Å². The molecule has 0 N–H and O–H groups in total. The Hall–Kier alpha value is -2.42. The van der Waals surface area contributed by atoms with Gasteiger partial charge in [-0.2, -0.15) is 0 Å². The number of unbranched alkanes of at least 4 members (excludes halogenated alkanes) is 1. The lowest BCUT2D eigenvalue weighted by Gasteiger charge is -2.14. The van der Waals surface area contributed by atoms with Crippen LogP contribution in [0, 0.1) is 0 Å². The van der Waals surface area contributed by atoms with Crippen molar-refractivity contribution in [3.8, 4) is 0 Å². The average Bonchev–Trinajstić information content (AvgIpc) is 2.95. The molecule has 2 amide bonds. The van der Waals surface area contributed by atoms with Crippen molar-refractivity contribution < 1.29 is 9.59 Å². The van der Waals surface area contributed by atoms with Crippen molar-refractivity contribution in [3.05, 3.63) is 65.2 Å². The zero-order valence-corrected chi connectivity index (χ0v) is 16.0. The Labute approximate surface area is 151 Å². The second kappa shape index (κ2) is 10.4. The maximum absolute atomic E-state index is 12.4. The van der Waals surface area contributed by atoms with Crippen LogP contribution in [0.15, 0.2) is 48.5 Å². The second-order valence-electron chi connectivity index (χ2n) is 5.26. The van der Waals surface area contributed by atoms with Crippen LogP contribution in [0.2, 0.25) is 0 Å². The quantitative estimate of drug-likeness (QED) is 0.652. The van der Waals surface area contributed by atoms with Crippen molar-refractivity contribution >= 4 is 17.5 Å². The van der Waals surface area contributed by atoms with Crippen LogP contribution in [0.3, 0.4) is 0 Å². The minimum Gasteiger partial charge on any atom is -0.268 e. The zero-order valence-electron chi connectivity index (χ0n) is 16.0. The Morgan fingerprint density at radius 2 is 1.24 bits per heavy atom. The number of amides is 2. The minimum absolute atomic E-state index is 0.239. The highest BCUT2D eigenvalue weighted by molar-refractivity contribution is 6.34. The number of imide groups is 1. The van der Waals surface area contributed by atoms with Gasteiger partial charge in [-0.15, -0.1) is 0 Å². The first-order valence-electron chi connectivity index (χ1n) is 9.29. The van der Waals surface area contributed by atoms with E-state index in [1.807, 2.05) is 52.0 Å². The van der Waals surface area contributed by atoms with Crippen LogP contribution in [0.1, 0.15) is 73.7 Å². The third-order valence-corrected chi connectivity index (χ3v) is 3.81. The lowest BCUT2D eigenvalue weighted by atomic mass is 10.1. The number of hydrogen-bond donors (Lipinski definition) is 0. The molecular weight excluding hydrogens is 310 g/mol. The lowest BCUT2D eigenvalue weighted by Crippen LogP contribution is -2.29. The third kappa shape index (κ3) is 4.56. The monoisotopic (exact) mass is 339 g/mol. The summed E-state index contributed by atoms with van der Waals surface area (Å²) in [6.07, 6.45) is 3.32. The molecule has 1 heterocycles. The topological polar surface area (TPSA) is 37.4 Å². The first-order chi connectivity index (χ1) is 12.2. The molecule has 0 spiro atoms. The molecule has 3 nitrogen and oxygen atoms in total. The summed E-state index contributed by atoms with van der Waals surface area (Å²) in [4.78, 5) is 26.0. The number of carbonyl (C=O) groups excluding carboxylic acids is 2. The highest BCUT2D eigenvalue weighted by Gasteiger charge is 2.36. The summed E-state index contributed by atoms with van der Waals surface area (Å²) in [5.74, 6) is -0.478. The van der Waals surface area contributed by atoms with E-state index in [0.717, 1.165) is 19.3 Å². The van der Waals surface area contributed by atoms with Crippen molar-refractivity contribution in [1.29, 1.82) is 0 Å². The van der Waals surface area contributed by atoms with E-state index in [9.17, 15) is 9.59 Å². The molecular formula is C22H29NO2. The molecule has 0 atom stereocenters. The van der Waals surface area contributed by atoms with E-state index in [1.165, 1.54) is 10.5 Å². The van der Waals surface area contributed by atoms with Crippen molar-refractivity contribution in [2.24, 2.45) is 0 Å². The van der Waals surface area contributed by atoms with Gasteiger partial charge in [0.25, 0.3) is 11.8 Å². The highest BCUT2D eigenvalue weighted by Crippen LogP contribution is 2.28. The van der Waals surface area contributed by atoms with E-state index in [2.05, 4.69) is 6.92 Å². The minimum atomic E-state index is -0.239. The molecule has 0 bridgehead atoms. The molecule has 0 aromatic heterocycles. The van der Waals surface area contributed by atoms with E-state index < -0.39 is 0 Å². The fraction of sp³-hybridized carbons (Fsp3) is 0.364. The van der Waals surface area contributed by atoms with Gasteiger partial charge in [-0.1, -0.05) is 65.3 Å². The van der Waals surface area contributed by atoms with Gasteiger partial charge >= 0.3 is 0 Å². The first-order valence-corrected chi connectivity index (χ1v) is 9.29. The Morgan fingerprint density at radius 1 is 0.760 bits per heavy atom. The van der Waals surface area contributed by atoms with Gasteiger partial charge in [-0.25, -0.2) is 4.90 Å². The summed E-state index contributed by atoms with van der Waals surface area (Å²) < 4.78 is 0. The lowest BCUT2D eigenvalue weighted by molar-refractivity contribution is 0.0926. The SMILES string of the molecule is CC.CC.CCCCc1ccc(N2C(=O)c3ccccc3C2=O)cc1. The molecule has 0 fully saturated rings. The van der Waals surface area contributed by atoms with Gasteiger partial charge in [0, 0.05) is 0 Å². The molecule has 2 aromatic rings. The van der Waals surface area contributed by atoms with E-state index in [4.69, 9.17) is 0 Å². The first kappa shape index (κ1) is 20.6. The zero-order chi connectivity index (χ0) is 18.8. The summed E-state index contributed by atoms with van der Waals surface area (Å²) in [5.41, 5.74) is 2.84. The fourth-order valence-electron chi connectivity index (χ4n) is 2.62. The number of carbonyl (C=O) groups is 2. The number of anilines is 1. The Morgan fingerprint density at radius 3 is 1.68 bits per heavy atom. The maximum Gasteiger partial charge on any atom is 0.266 e. The number of aryl methyl sites for hydroxylation is 1. The largest absolute Gasteiger partial charge is 0.268 e. The smallest absolute Gasteiger partial charge is 0.266 e. The van der Waals surface area contributed by atoms with Gasteiger partial charge in [0.1, 0.15) is 0 Å². The van der Waals surface area contributed by atoms with E-state index >= 15 is 0 Å². The van der Waals surface area contributed by atoms with Crippen LogP contribution in [0.4, 0.5) is 5.69 Å². The number of rotatable bonds is 4. The molecule has 0 radical (unpaired) electrons. The van der Waals surface area contributed by atoms with Gasteiger partial charge in [-0.3, -0.25) is 9.59 Å². The third-order valence-electron chi connectivity index (χ3n) is 3.81. The summed E-state index contributed by atoms with van der Waals surface area (Å²) in [5, 5.41) is 0. The molecule has 3 rings (SSSR count). The molecule has 134 valence electrons. The summed E-state index contributed by atoms with van der Waals surface area (Å²) in [7, 11) is 0. The summed E-state index contributed by atoms with van der Waals surface area (Å²) in [6.45, 7) is 10.2. The molecule has 1 aliphatic rings. The molecule has 2 aromatic carbocycles. The standard InChI is InChI=1S/C18H17NO2.2C2H6/c1-2-3-6-13-9-11-14(12-10-13)19-17(20)15-7-4-5-8-16(15)18(19)21;2*1-2/h4-5,7-12H,2-3,6H2,1H3;2*1-2H3. The van der Waals surface area contributed by atoms with Gasteiger partial charge in [0.15, 0.2) is 0 Å². The summed E-state index contributed by atoms with van der Waals surface area (Å²) in [6, 6.07) is 14.7. The summed E-state index contributed by atoms with van der Waals surface area (Å²) >= 11 is 0. The van der Waals surface area contributed by atoms with Crippen molar-refractivity contribution in [1.82, 2.24) is 0 Å². The molecule has 0 unspecified atom stereocenters. The van der Waals surface area contributed by atoms with E-state index in [1.54, 1.807) is 24.3 Å². The molecule has 1 aliphatic heterocycles. The predicted octanol–water partition coefficient (Wildman–Crippen LogP) is 5.88. The van der Waals surface area contributed by atoms with Crippen LogP contribution in [0.5, 0.6) is 0 Å². The van der Waals surface area contributed by atoms with E-state index in [0.29, 0.717) is 16.8 Å². The number of fused-ring (bicyclic) bond motifs is 1. The van der Waals surface area contributed by atoms with Gasteiger partial charge in [0.2, 0.25) is 0 Å². The van der Waals surface area contributed by atoms with Gasteiger partial charge in [0.05, 0.1) is 16.8 Å². The second-order valence-corrected chi connectivity index (χ2v) is 5.26. The van der Waals surface area contributed by atoms with Crippen molar-refractivity contribution in [3.63, 3.8) is 0 Å². The van der Waals surface area contributed by atoms with Gasteiger partial charge < -0.3 is 0 Å². The highest BCUT2D eigenvalue weighted by atomic mass is 16.2. The Kier molecular flexibility index (Phi) is 8.62. The molecule has 25 heavy (non-hydrogen) atoms. The average molecular weight is 339 g/mol. The molecule has 3 heteroatoms. The van der Waals surface area contributed by atoms with Crippen LogP contribution < -0.4 is 4.90 Å². The van der Waals surface area contributed by atoms with Crippen LogP contribution in [-0.2, 0) is 6.42 Å². The molecule has 0 saturated heterocycles. The molecule has 0 saturated carbocycles. The number of hydrogen-bond acceptors (Lipinski definition) is 2. The van der Waals surface area contributed by atoms with Crippen molar-refractivity contribution in [2.75, 3.05) is 4.90 Å². The van der Waals surface area contributed by atoms with Crippen LogP contribution in [0.25, 0.3) is 0 Å². The van der Waals surface area contributed by atoms with Gasteiger partial charge in [-0.05, 0) is 42.7 Å². The predicted molar refractivity (Wildman–Crippen MR) is 105 cm³/mol. The van der Waals surface area contributed by atoms with Crippen molar-refractivity contribution in [2.45, 2.75) is 53.9 Å². The Balaban J connectivity index is 0.000000730. The fourth-order valence-corrected chi connectivity index (χ4v) is 2.62. The molecule has 0 aliphatic carbocycles. The number of nitrogens with zero attached hydrogens (tertiary/aromatic N) is 1. The van der Waals surface area contributed by atoms with E-state index in [-0.39, 0.29) is 11.8 Å². The normalized spacial score (nSPS) is 12.0. The van der Waals surface area contributed by atoms with Crippen LogP contribution in [-0.4, -0.2) is 11.8 Å². The Bertz CT molecular complexity index is 654. The maximum atomic E-state index is 12.4. The number of benzene rings is 2.